The number of carbonyl (C=O) groups excluding carboxylic acids is 1. The van der Waals surface area contributed by atoms with Crippen molar-refractivity contribution in [1.29, 1.82) is 0 Å². The number of phenols is 1. The van der Waals surface area contributed by atoms with Crippen molar-refractivity contribution in [2.24, 2.45) is 0 Å². The molecule has 1 aliphatic carbocycles. The number of aryl methyl sites for hydroxylation is 1. The van der Waals surface area contributed by atoms with Crippen LogP contribution in [0.1, 0.15) is 44.1 Å². The second-order valence-corrected chi connectivity index (χ2v) is 6.48. The van der Waals surface area contributed by atoms with Crippen molar-refractivity contribution in [1.82, 2.24) is 5.32 Å². The van der Waals surface area contributed by atoms with Crippen molar-refractivity contribution in [2.75, 3.05) is 11.9 Å². The molecule has 1 aromatic carbocycles. The second-order valence-electron chi connectivity index (χ2n) is 6.48. The molecule has 4 N–H and O–H groups in total. The Bertz CT molecular complexity index is 655. The Balaban J connectivity index is 1.85. The normalized spacial score (nSPS) is 15.3. The fourth-order valence-corrected chi connectivity index (χ4v) is 2.92. The van der Waals surface area contributed by atoms with E-state index in [1.807, 2.05) is 6.92 Å². The van der Waals surface area contributed by atoms with Crippen molar-refractivity contribution in [2.45, 2.75) is 51.5 Å². The minimum Gasteiger partial charge on any atom is -0.506 e. The van der Waals surface area contributed by atoms with Crippen LogP contribution >= 0.6 is 0 Å². The molecule has 6 heteroatoms. The van der Waals surface area contributed by atoms with Crippen LogP contribution in [0.25, 0.3) is 0 Å². The smallest absolute Gasteiger partial charge is 0.321 e. The molecular weight excluding hydrogens is 320 g/mol. The highest BCUT2D eigenvalue weighted by atomic mass is 16.4. The van der Waals surface area contributed by atoms with Gasteiger partial charge in [0.1, 0.15) is 11.8 Å². The molecule has 0 saturated heterocycles. The molecule has 25 heavy (non-hydrogen) atoms. The molecule has 0 saturated carbocycles. The molecule has 0 aliphatic heterocycles. The van der Waals surface area contributed by atoms with Crippen molar-refractivity contribution in [3.63, 3.8) is 0 Å². The predicted octanol–water partition coefficient (Wildman–Crippen LogP) is 2.96. The van der Waals surface area contributed by atoms with Gasteiger partial charge in [-0.2, -0.15) is 0 Å². The molecule has 0 heterocycles. The number of anilines is 1. The van der Waals surface area contributed by atoms with Gasteiger partial charge in [-0.3, -0.25) is 9.59 Å². The van der Waals surface area contributed by atoms with Crippen molar-refractivity contribution >= 4 is 17.6 Å². The van der Waals surface area contributed by atoms with E-state index in [1.165, 1.54) is 24.5 Å². The quantitative estimate of drug-likeness (QED) is 0.428. The van der Waals surface area contributed by atoms with E-state index in [0.29, 0.717) is 12.2 Å². The molecule has 6 nitrogen and oxygen atoms in total. The lowest BCUT2D eigenvalue weighted by molar-refractivity contribution is -0.141. The molecule has 1 aliphatic rings. The van der Waals surface area contributed by atoms with Crippen LogP contribution in [-0.2, 0) is 9.59 Å². The molecular formula is C19H26N2O4. The lowest BCUT2D eigenvalue weighted by atomic mass is 9.97. The summed E-state index contributed by atoms with van der Waals surface area (Å²) in [5.74, 6) is -1.54. The van der Waals surface area contributed by atoms with E-state index in [0.717, 1.165) is 24.8 Å². The molecule has 0 radical (unpaired) electrons. The fourth-order valence-electron chi connectivity index (χ4n) is 2.92. The number of phenolic OH excluding ortho intramolecular Hbond substituents is 1. The van der Waals surface area contributed by atoms with E-state index in [4.69, 9.17) is 0 Å². The number of amides is 1. The standard InChI is InChI=1S/C19H26N2O4/c1-13-7-8-17(22)15(11-13)21-18(23)12-16(19(24)25)20-10-9-14-5-3-2-4-6-14/h5,7-8,11,16,20,22H,2-4,6,9-10,12H2,1H3,(H,21,23)(H,24,25)/t16-/m0/s1. The molecule has 1 amide bonds. The van der Waals surface area contributed by atoms with Crippen molar-refractivity contribution in [3.8, 4) is 5.75 Å². The first-order valence-corrected chi connectivity index (χ1v) is 8.69. The van der Waals surface area contributed by atoms with Crippen LogP contribution in [0, 0.1) is 6.92 Å². The van der Waals surface area contributed by atoms with Crippen molar-refractivity contribution < 1.29 is 19.8 Å². The summed E-state index contributed by atoms with van der Waals surface area (Å²) in [4.78, 5) is 23.5. The second kappa shape index (κ2) is 9.22. The van der Waals surface area contributed by atoms with Gasteiger partial charge < -0.3 is 20.8 Å². The van der Waals surface area contributed by atoms with Gasteiger partial charge in [0.05, 0.1) is 12.1 Å². The molecule has 0 aromatic heterocycles. The van der Waals surface area contributed by atoms with Gasteiger partial charge in [-0.15, -0.1) is 0 Å². The van der Waals surface area contributed by atoms with E-state index in [-0.39, 0.29) is 12.2 Å². The number of carboxylic acids is 1. The number of carboxylic acid groups (broad SMARTS) is 1. The summed E-state index contributed by atoms with van der Waals surface area (Å²) < 4.78 is 0. The zero-order chi connectivity index (χ0) is 18.2. The van der Waals surface area contributed by atoms with Gasteiger partial charge >= 0.3 is 5.97 Å². The Morgan fingerprint density at radius 2 is 2.08 bits per heavy atom. The summed E-state index contributed by atoms with van der Waals surface area (Å²) >= 11 is 0. The van der Waals surface area contributed by atoms with E-state index >= 15 is 0 Å². The molecule has 0 unspecified atom stereocenters. The van der Waals surface area contributed by atoms with Crippen LogP contribution in [0.2, 0.25) is 0 Å². The first-order chi connectivity index (χ1) is 12.0. The topological polar surface area (TPSA) is 98.7 Å². The summed E-state index contributed by atoms with van der Waals surface area (Å²) in [6, 6.07) is 3.92. The maximum absolute atomic E-state index is 12.1. The summed E-state index contributed by atoms with van der Waals surface area (Å²) in [6.45, 7) is 2.38. The molecule has 0 spiro atoms. The first kappa shape index (κ1) is 19.0. The first-order valence-electron chi connectivity index (χ1n) is 8.69. The average Bonchev–Trinajstić information content (AvgIpc) is 2.58. The van der Waals surface area contributed by atoms with Crippen molar-refractivity contribution in [3.05, 3.63) is 35.4 Å². The zero-order valence-electron chi connectivity index (χ0n) is 14.5. The van der Waals surface area contributed by atoms with Gasteiger partial charge in [0.15, 0.2) is 0 Å². The Hall–Kier alpha value is -2.34. The predicted molar refractivity (Wildman–Crippen MR) is 96.7 cm³/mol. The van der Waals surface area contributed by atoms with Gasteiger partial charge in [0.25, 0.3) is 0 Å². The zero-order valence-corrected chi connectivity index (χ0v) is 14.5. The maximum atomic E-state index is 12.1. The van der Waals surface area contributed by atoms with Gasteiger partial charge in [-0.05, 0) is 63.3 Å². The number of hydrogen-bond donors (Lipinski definition) is 4. The minimum atomic E-state index is -1.05. The highest BCUT2D eigenvalue weighted by molar-refractivity contribution is 5.95. The number of aromatic hydroxyl groups is 1. The van der Waals surface area contributed by atoms with E-state index in [2.05, 4.69) is 16.7 Å². The Morgan fingerprint density at radius 1 is 1.28 bits per heavy atom. The molecule has 0 fully saturated rings. The molecule has 1 aromatic rings. The molecule has 0 bridgehead atoms. The van der Waals surface area contributed by atoms with E-state index in [1.54, 1.807) is 12.1 Å². The Kier molecular flexibility index (Phi) is 7.01. The Morgan fingerprint density at radius 3 is 2.76 bits per heavy atom. The largest absolute Gasteiger partial charge is 0.506 e. The number of nitrogens with one attached hydrogen (secondary N) is 2. The lowest BCUT2D eigenvalue weighted by Gasteiger charge is -2.17. The van der Waals surface area contributed by atoms with Gasteiger partial charge in [0.2, 0.25) is 5.91 Å². The number of aliphatic carboxylic acids is 1. The summed E-state index contributed by atoms with van der Waals surface area (Å²) in [5.41, 5.74) is 2.54. The van der Waals surface area contributed by atoms with Crippen LogP contribution < -0.4 is 10.6 Å². The number of rotatable bonds is 8. The third-order valence-electron chi connectivity index (χ3n) is 4.34. The number of carbonyl (C=O) groups is 2. The van der Waals surface area contributed by atoms with Crippen LogP contribution in [0.4, 0.5) is 5.69 Å². The molecule has 2 rings (SSSR count). The SMILES string of the molecule is Cc1ccc(O)c(NC(=O)C[C@H](NCCC2=CCCCC2)C(=O)O)c1. The summed E-state index contributed by atoms with van der Waals surface area (Å²) in [5, 5.41) is 24.6. The van der Waals surface area contributed by atoms with Crippen LogP contribution in [0.3, 0.4) is 0 Å². The third kappa shape index (κ3) is 6.23. The summed E-state index contributed by atoms with van der Waals surface area (Å²) in [7, 11) is 0. The summed E-state index contributed by atoms with van der Waals surface area (Å²) in [6.07, 6.45) is 7.43. The number of allylic oxidation sites excluding steroid dienone is 1. The van der Waals surface area contributed by atoms with Crippen LogP contribution in [-0.4, -0.2) is 34.7 Å². The van der Waals surface area contributed by atoms with Gasteiger partial charge in [0, 0.05) is 0 Å². The highest BCUT2D eigenvalue weighted by Gasteiger charge is 2.21. The maximum Gasteiger partial charge on any atom is 0.321 e. The Labute approximate surface area is 147 Å². The fraction of sp³-hybridized carbons (Fsp3) is 0.474. The third-order valence-corrected chi connectivity index (χ3v) is 4.34. The minimum absolute atomic E-state index is 0.0389. The number of benzene rings is 1. The van der Waals surface area contributed by atoms with Gasteiger partial charge in [-0.25, -0.2) is 0 Å². The lowest BCUT2D eigenvalue weighted by Crippen LogP contribution is -2.40. The monoisotopic (exact) mass is 346 g/mol. The number of hydrogen-bond acceptors (Lipinski definition) is 4. The molecule has 1 atom stereocenters. The van der Waals surface area contributed by atoms with E-state index < -0.39 is 17.9 Å². The van der Waals surface area contributed by atoms with E-state index in [9.17, 15) is 19.8 Å². The van der Waals surface area contributed by atoms with Crippen LogP contribution in [0.15, 0.2) is 29.8 Å². The van der Waals surface area contributed by atoms with Gasteiger partial charge in [-0.1, -0.05) is 17.7 Å². The average molecular weight is 346 g/mol. The van der Waals surface area contributed by atoms with Crippen LogP contribution in [0.5, 0.6) is 5.75 Å². The highest BCUT2D eigenvalue weighted by Crippen LogP contribution is 2.24. The molecule has 136 valence electrons.